The third-order valence-electron chi connectivity index (χ3n) is 4.24. The van der Waals surface area contributed by atoms with E-state index in [1.54, 1.807) is 7.05 Å². The standard InChI is InChI=1S/C19H30N4O/c1-15(2)13-22-19(20-3)21-11-6-9-18(24)23-12-10-16-7-4-5-8-17(16)14-23/h4-5,7-8,15H,6,9-14H2,1-3H3,(H2,20,21,22). The van der Waals surface area contributed by atoms with Gasteiger partial charge in [0.15, 0.2) is 5.96 Å². The van der Waals surface area contributed by atoms with Crippen molar-refractivity contribution in [1.82, 2.24) is 15.5 Å². The molecule has 0 radical (unpaired) electrons. The lowest BCUT2D eigenvalue weighted by Gasteiger charge is -2.29. The molecule has 0 aliphatic carbocycles. The second kappa shape index (κ2) is 9.30. The van der Waals surface area contributed by atoms with Crippen LogP contribution in [0.25, 0.3) is 0 Å². The van der Waals surface area contributed by atoms with E-state index >= 15 is 0 Å². The molecule has 0 atom stereocenters. The van der Waals surface area contributed by atoms with E-state index in [0.29, 0.717) is 12.3 Å². The molecule has 1 heterocycles. The van der Waals surface area contributed by atoms with Crippen molar-refractivity contribution < 1.29 is 4.79 Å². The van der Waals surface area contributed by atoms with E-state index in [9.17, 15) is 4.79 Å². The van der Waals surface area contributed by atoms with E-state index in [2.05, 4.69) is 47.7 Å². The van der Waals surface area contributed by atoms with Gasteiger partial charge >= 0.3 is 0 Å². The van der Waals surface area contributed by atoms with Gasteiger partial charge in [0.25, 0.3) is 0 Å². The Morgan fingerprint density at radius 1 is 1.25 bits per heavy atom. The number of amides is 1. The van der Waals surface area contributed by atoms with Gasteiger partial charge in [-0.3, -0.25) is 9.79 Å². The number of guanidine groups is 1. The van der Waals surface area contributed by atoms with Gasteiger partial charge in [-0.2, -0.15) is 0 Å². The fourth-order valence-electron chi connectivity index (χ4n) is 2.83. The smallest absolute Gasteiger partial charge is 0.222 e. The number of nitrogens with zero attached hydrogens (tertiary/aromatic N) is 2. The Labute approximate surface area is 145 Å². The van der Waals surface area contributed by atoms with Crippen molar-refractivity contribution in [3.63, 3.8) is 0 Å². The summed E-state index contributed by atoms with van der Waals surface area (Å²) in [6, 6.07) is 8.41. The molecule has 0 fully saturated rings. The molecule has 0 saturated carbocycles. The van der Waals surface area contributed by atoms with Crippen molar-refractivity contribution in [2.24, 2.45) is 10.9 Å². The van der Waals surface area contributed by atoms with Crippen molar-refractivity contribution in [2.75, 3.05) is 26.7 Å². The minimum atomic E-state index is 0.247. The van der Waals surface area contributed by atoms with Crippen LogP contribution in [0.1, 0.15) is 37.8 Å². The van der Waals surface area contributed by atoms with E-state index in [1.807, 2.05) is 11.0 Å². The number of carbonyl (C=O) groups excluding carboxylic acids is 1. The lowest BCUT2D eigenvalue weighted by atomic mass is 9.99. The highest BCUT2D eigenvalue weighted by Gasteiger charge is 2.19. The number of hydrogen-bond acceptors (Lipinski definition) is 2. The number of carbonyl (C=O) groups is 1. The van der Waals surface area contributed by atoms with Gasteiger partial charge in [0.2, 0.25) is 5.91 Å². The van der Waals surface area contributed by atoms with Crippen molar-refractivity contribution in [1.29, 1.82) is 0 Å². The molecule has 0 spiro atoms. The summed E-state index contributed by atoms with van der Waals surface area (Å²) in [5.74, 6) is 1.63. The van der Waals surface area contributed by atoms with Gasteiger partial charge in [0, 0.05) is 39.6 Å². The van der Waals surface area contributed by atoms with E-state index < -0.39 is 0 Å². The summed E-state index contributed by atoms with van der Waals surface area (Å²) in [6.45, 7) is 7.56. The van der Waals surface area contributed by atoms with E-state index in [-0.39, 0.29) is 5.91 Å². The third kappa shape index (κ3) is 5.55. The molecule has 2 rings (SSSR count). The topological polar surface area (TPSA) is 56.7 Å². The first-order chi connectivity index (χ1) is 11.6. The second-order valence-corrected chi connectivity index (χ2v) is 6.71. The molecule has 1 amide bonds. The molecule has 5 nitrogen and oxygen atoms in total. The predicted octanol–water partition coefficient (Wildman–Crippen LogP) is 2.17. The first-order valence-corrected chi connectivity index (χ1v) is 8.89. The van der Waals surface area contributed by atoms with Gasteiger partial charge in [0.1, 0.15) is 0 Å². The monoisotopic (exact) mass is 330 g/mol. The molecule has 132 valence electrons. The summed E-state index contributed by atoms with van der Waals surface area (Å²) in [5.41, 5.74) is 2.66. The molecule has 1 aromatic carbocycles. The molecular formula is C19H30N4O. The maximum Gasteiger partial charge on any atom is 0.222 e. The van der Waals surface area contributed by atoms with E-state index in [4.69, 9.17) is 0 Å². The zero-order valence-electron chi connectivity index (χ0n) is 15.1. The van der Waals surface area contributed by atoms with Crippen LogP contribution in [-0.2, 0) is 17.8 Å². The van der Waals surface area contributed by atoms with Crippen LogP contribution in [0, 0.1) is 5.92 Å². The van der Waals surface area contributed by atoms with Gasteiger partial charge in [-0.15, -0.1) is 0 Å². The normalized spacial score (nSPS) is 14.5. The Balaban J connectivity index is 1.69. The molecule has 0 bridgehead atoms. The predicted molar refractivity (Wildman–Crippen MR) is 99.0 cm³/mol. The summed E-state index contributed by atoms with van der Waals surface area (Å²) < 4.78 is 0. The molecule has 24 heavy (non-hydrogen) atoms. The molecule has 0 saturated heterocycles. The average molecular weight is 330 g/mol. The van der Waals surface area contributed by atoms with Crippen LogP contribution in [0.15, 0.2) is 29.3 Å². The Morgan fingerprint density at radius 3 is 2.71 bits per heavy atom. The molecule has 0 unspecified atom stereocenters. The molecule has 5 heteroatoms. The largest absolute Gasteiger partial charge is 0.356 e. The number of hydrogen-bond donors (Lipinski definition) is 2. The zero-order valence-corrected chi connectivity index (χ0v) is 15.1. The Bertz CT molecular complexity index is 568. The minimum Gasteiger partial charge on any atom is -0.356 e. The summed E-state index contributed by atoms with van der Waals surface area (Å²) in [5, 5.41) is 6.54. The van der Waals surface area contributed by atoms with Crippen LogP contribution in [0.5, 0.6) is 0 Å². The number of benzene rings is 1. The van der Waals surface area contributed by atoms with Crippen LogP contribution in [0.3, 0.4) is 0 Å². The quantitative estimate of drug-likeness (QED) is 0.477. The highest BCUT2D eigenvalue weighted by atomic mass is 16.2. The van der Waals surface area contributed by atoms with E-state index in [0.717, 1.165) is 45.0 Å². The Hall–Kier alpha value is -2.04. The summed E-state index contributed by atoms with van der Waals surface area (Å²) in [4.78, 5) is 18.6. The molecule has 1 aromatic rings. The van der Waals surface area contributed by atoms with Crippen LogP contribution < -0.4 is 10.6 Å². The number of fused-ring (bicyclic) bond motifs is 1. The summed E-state index contributed by atoms with van der Waals surface area (Å²) >= 11 is 0. The van der Waals surface area contributed by atoms with Crippen LogP contribution in [-0.4, -0.2) is 43.4 Å². The summed E-state index contributed by atoms with van der Waals surface area (Å²) in [7, 11) is 1.77. The Morgan fingerprint density at radius 2 is 2.00 bits per heavy atom. The third-order valence-corrected chi connectivity index (χ3v) is 4.24. The van der Waals surface area contributed by atoms with Crippen LogP contribution in [0.4, 0.5) is 0 Å². The maximum atomic E-state index is 12.4. The minimum absolute atomic E-state index is 0.247. The van der Waals surface area contributed by atoms with Crippen molar-refractivity contribution in [2.45, 2.75) is 39.7 Å². The molecular weight excluding hydrogens is 300 g/mol. The number of rotatable bonds is 6. The number of aliphatic imine (C=N–C) groups is 1. The lowest BCUT2D eigenvalue weighted by Crippen LogP contribution is -2.40. The highest BCUT2D eigenvalue weighted by Crippen LogP contribution is 2.19. The Kier molecular flexibility index (Phi) is 7.09. The van der Waals surface area contributed by atoms with E-state index in [1.165, 1.54) is 11.1 Å². The molecule has 1 aliphatic heterocycles. The maximum absolute atomic E-state index is 12.4. The van der Waals surface area contributed by atoms with Crippen LogP contribution in [0.2, 0.25) is 0 Å². The first-order valence-electron chi connectivity index (χ1n) is 8.89. The highest BCUT2D eigenvalue weighted by molar-refractivity contribution is 5.80. The SMILES string of the molecule is CN=C(NCCCC(=O)N1CCc2ccccc2C1)NCC(C)C. The number of nitrogens with one attached hydrogen (secondary N) is 2. The summed E-state index contributed by atoms with van der Waals surface area (Å²) in [6.07, 6.45) is 2.36. The molecule has 0 aromatic heterocycles. The average Bonchev–Trinajstić information content (AvgIpc) is 2.60. The van der Waals surface area contributed by atoms with Gasteiger partial charge in [-0.25, -0.2) is 0 Å². The first kappa shape index (κ1) is 18.3. The second-order valence-electron chi connectivity index (χ2n) is 6.71. The van der Waals surface area contributed by atoms with Crippen molar-refractivity contribution in [3.8, 4) is 0 Å². The zero-order chi connectivity index (χ0) is 17.4. The van der Waals surface area contributed by atoms with Gasteiger partial charge in [-0.1, -0.05) is 38.1 Å². The van der Waals surface area contributed by atoms with Crippen molar-refractivity contribution >= 4 is 11.9 Å². The van der Waals surface area contributed by atoms with Gasteiger partial charge < -0.3 is 15.5 Å². The molecule has 1 aliphatic rings. The van der Waals surface area contributed by atoms with Crippen molar-refractivity contribution in [3.05, 3.63) is 35.4 Å². The fourth-order valence-corrected chi connectivity index (χ4v) is 2.83. The van der Waals surface area contributed by atoms with Gasteiger partial charge in [-0.05, 0) is 29.9 Å². The molecule has 2 N–H and O–H groups in total. The van der Waals surface area contributed by atoms with Gasteiger partial charge in [0.05, 0.1) is 0 Å². The fraction of sp³-hybridized carbons (Fsp3) is 0.579. The lowest BCUT2D eigenvalue weighted by molar-refractivity contribution is -0.132. The van der Waals surface area contributed by atoms with Crippen LogP contribution >= 0.6 is 0 Å².